The molecular weight excluding hydrogens is 366 g/mol. The van der Waals surface area contributed by atoms with Crippen LogP contribution in [0.2, 0.25) is 0 Å². The van der Waals surface area contributed by atoms with Gasteiger partial charge in [0.15, 0.2) is 0 Å². The highest BCUT2D eigenvalue weighted by atomic mass is 16.5. The lowest BCUT2D eigenvalue weighted by Gasteiger charge is -2.44. The molecule has 1 saturated heterocycles. The summed E-state index contributed by atoms with van der Waals surface area (Å²) in [7, 11) is 3.57. The zero-order chi connectivity index (χ0) is 20.4. The van der Waals surface area contributed by atoms with Crippen LogP contribution in [-0.2, 0) is 16.0 Å². The topological polar surface area (TPSA) is 66.7 Å². The smallest absolute Gasteiger partial charge is 0.230 e. The van der Waals surface area contributed by atoms with Crippen molar-refractivity contribution in [3.05, 3.63) is 42.2 Å². The normalized spacial score (nSPS) is 22.2. The van der Waals surface area contributed by atoms with Gasteiger partial charge in [0.1, 0.15) is 11.5 Å². The molecule has 1 aliphatic carbocycles. The van der Waals surface area contributed by atoms with Crippen LogP contribution in [0.1, 0.15) is 37.9 Å². The van der Waals surface area contributed by atoms with Gasteiger partial charge < -0.3 is 14.3 Å². The van der Waals surface area contributed by atoms with Gasteiger partial charge in [-0.3, -0.25) is 9.59 Å². The molecule has 2 heterocycles. The molecule has 6 nitrogen and oxygen atoms in total. The van der Waals surface area contributed by atoms with Crippen molar-refractivity contribution < 1.29 is 14.1 Å². The number of aromatic nitrogens is 1. The van der Waals surface area contributed by atoms with Gasteiger partial charge in [-0.2, -0.15) is 0 Å². The predicted octanol–water partition coefficient (Wildman–Crippen LogP) is 3.38. The van der Waals surface area contributed by atoms with E-state index in [9.17, 15) is 9.59 Å². The van der Waals surface area contributed by atoms with Crippen LogP contribution >= 0.6 is 0 Å². The number of rotatable bonds is 5. The van der Waals surface area contributed by atoms with Gasteiger partial charge in [0.2, 0.25) is 11.8 Å². The summed E-state index contributed by atoms with van der Waals surface area (Å²) in [4.78, 5) is 29.7. The molecule has 2 aromatic rings. The molecule has 1 aromatic carbocycles. The zero-order valence-corrected chi connectivity index (χ0v) is 17.3. The van der Waals surface area contributed by atoms with E-state index in [1.165, 1.54) is 0 Å². The Morgan fingerprint density at radius 1 is 1.21 bits per heavy atom. The van der Waals surface area contributed by atoms with E-state index < -0.39 is 5.41 Å². The van der Waals surface area contributed by atoms with E-state index >= 15 is 0 Å². The van der Waals surface area contributed by atoms with Crippen molar-refractivity contribution in [1.82, 2.24) is 15.0 Å². The van der Waals surface area contributed by atoms with Crippen molar-refractivity contribution in [2.24, 2.45) is 11.3 Å². The molecule has 0 spiro atoms. The van der Waals surface area contributed by atoms with Crippen molar-refractivity contribution in [3.8, 4) is 11.3 Å². The number of carbonyl (C=O) groups excluding carboxylic acids is 2. The van der Waals surface area contributed by atoms with Crippen LogP contribution in [0.15, 0.2) is 40.9 Å². The van der Waals surface area contributed by atoms with Crippen LogP contribution in [0.3, 0.4) is 0 Å². The Hall–Kier alpha value is -2.63. The third kappa shape index (κ3) is 3.93. The summed E-state index contributed by atoms with van der Waals surface area (Å²) in [5.74, 6) is 1.11. The van der Waals surface area contributed by atoms with Gasteiger partial charge in [-0.25, -0.2) is 0 Å². The van der Waals surface area contributed by atoms with Gasteiger partial charge in [-0.1, -0.05) is 41.9 Å². The van der Waals surface area contributed by atoms with E-state index in [0.29, 0.717) is 18.7 Å². The average Bonchev–Trinajstić information content (AvgIpc) is 3.15. The molecule has 2 fully saturated rings. The Bertz CT molecular complexity index is 873. The Kier molecular flexibility index (Phi) is 5.43. The molecule has 0 radical (unpaired) electrons. The molecule has 0 unspecified atom stereocenters. The highest BCUT2D eigenvalue weighted by Gasteiger charge is 2.46. The molecule has 154 valence electrons. The van der Waals surface area contributed by atoms with E-state index in [1.54, 1.807) is 19.0 Å². The van der Waals surface area contributed by atoms with Crippen molar-refractivity contribution in [2.75, 3.05) is 27.2 Å². The molecule has 29 heavy (non-hydrogen) atoms. The van der Waals surface area contributed by atoms with Gasteiger partial charge in [0.25, 0.3) is 0 Å². The van der Waals surface area contributed by atoms with Crippen LogP contribution in [0.5, 0.6) is 0 Å². The fourth-order valence-electron chi connectivity index (χ4n) is 4.58. The molecule has 0 bridgehead atoms. The zero-order valence-electron chi connectivity index (χ0n) is 17.3. The van der Waals surface area contributed by atoms with Crippen LogP contribution in [0.4, 0.5) is 0 Å². The van der Waals surface area contributed by atoms with E-state index in [-0.39, 0.29) is 17.7 Å². The van der Waals surface area contributed by atoms with Gasteiger partial charge in [-0.15, -0.1) is 0 Å². The Morgan fingerprint density at radius 2 is 1.97 bits per heavy atom. The van der Waals surface area contributed by atoms with Gasteiger partial charge >= 0.3 is 0 Å². The number of hydrogen-bond donors (Lipinski definition) is 0. The first-order chi connectivity index (χ1) is 14.0. The summed E-state index contributed by atoms with van der Waals surface area (Å²) in [6.07, 6.45) is 5.13. The maximum absolute atomic E-state index is 13.2. The van der Waals surface area contributed by atoms with Crippen molar-refractivity contribution >= 4 is 11.8 Å². The SMILES string of the molecule is CN(C)C(=O)[C@@]1(Cc2cc(-c3ccccc3)no2)CCCN(C(=O)C2CCC2)C1. The van der Waals surface area contributed by atoms with Gasteiger partial charge in [-0.05, 0) is 25.7 Å². The summed E-state index contributed by atoms with van der Waals surface area (Å²) >= 11 is 0. The monoisotopic (exact) mass is 395 g/mol. The first-order valence-electron chi connectivity index (χ1n) is 10.5. The standard InChI is InChI=1S/C23H29N3O3/c1-25(2)22(28)23(12-7-13-26(16-23)21(27)18-10-6-11-18)15-19-14-20(24-29-19)17-8-4-3-5-9-17/h3-5,8-9,14,18H,6-7,10-13,15-16H2,1-2H3/t23-/m1/s1. The summed E-state index contributed by atoms with van der Waals surface area (Å²) in [5.41, 5.74) is 1.10. The predicted molar refractivity (Wildman–Crippen MR) is 110 cm³/mol. The van der Waals surface area contributed by atoms with Gasteiger partial charge in [0.05, 0.1) is 5.41 Å². The summed E-state index contributed by atoms with van der Waals surface area (Å²) < 4.78 is 5.63. The number of benzene rings is 1. The van der Waals surface area contributed by atoms with Crippen LogP contribution < -0.4 is 0 Å². The molecule has 1 atom stereocenters. The quantitative estimate of drug-likeness (QED) is 0.778. The van der Waals surface area contributed by atoms with Crippen LogP contribution in [0, 0.1) is 11.3 Å². The molecule has 2 aliphatic rings. The molecule has 6 heteroatoms. The molecule has 0 N–H and O–H groups in total. The Labute approximate surface area is 171 Å². The van der Waals surface area contributed by atoms with E-state index in [0.717, 1.165) is 49.9 Å². The molecular formula is C23H29N3O3. The minimum Gasteiger partial charge on any atom is -0.361 e. The maximum Gasteiger partial charge on any atom is 0.230 e. The Balaban J connectivity index is 1.58. The largest absolute Gasteiger partial charge is 0.361 e. The van der Waals surface area contributed by atoms with E-state index in [1.807, 2.05) is 41.3 Å². The van der Waals surface area contributed by atoms with Crippen molar-refractivity contribution in [2.45, 2.75) is 38.5 Å². The highest BCUT2D eigenvalue weighted by molar-refractivity contribution is 5.85. The summed E-state index contributed by atoms with van der Waals surface area (Å²) in [5, 5.41) is 4.21. The fourth-order valence-corrected chi connectivity index (χ4v) is 4.58. The minimum absolute atomic E-state index is 0.0567. The third-order valence-corrected chi connectivity index (χ3v) is 6.34. The number of piperidine rings is 1. The lowest BCUT2D eigenvalue weighted by Crippen LogP contribution is -2.55. The second-order valence-corrected chi connectivity index (χ2v) is 8.69. The van der Waals surface area contributed by atoms with Crippen LogP contribution in [0.25, 0.3) is 11.3 Å². The second-order valence-electron chi connectivity index (χ2n) is 8.69. The number of nitrogens with zero attached hydrogens (tertiary/aromatic N) is 3. The maximum atomic E-state index is 13.2. The lowest BCUT2D eigenvalue weighted by atomic mass is 9.74. The van der Waals surface area contributed by atoms with Crippen LogP contribution in [-0.4, -0.2) is 54.0 Å². The minimum atomic E-state index is -0.658. The fraction of sp³-hybridized carbons (Fsp3) is 0.522. The molecule has 1 saturated carbocycles. The first-order valence-corrected chi connectivity index (χ1v) is 10.5. The van der Waals surface area contributed by atoms with Crippen molar-refractivity contribution in [3.63, 3.8) is 0 Å². The van der Waals surface area contributed by atoms with Gasteiger partial charge in [0, 0.05) is 51.2 Å². The molecule has 4 rings (SSSR count). The average molecular weight is 396 g/mol. The molecule has 1 aromatic heterocycles. The van der Waals surface area contributed by atoms with Crippen molar-refractivity contribution in [1.29, 1.82) is 0 Å². The number of amides is 2. The highest BCUT2D eigenvalue weighted by Crippen LogP contribution is 2.38. The Morgan fingerprint density at radius 3 is 2.62 bits per heavy atom. The summed E-state index contributed by atoms with van der Waals surface area (Å²) in [6, 6.07) is 11.8. The molecule has 1 aliphatic heterocycles. The third-order valence-electron chi connectivity index (χ3n) is 6.34. The number of carbonyl (C=O) groups is 2. The van der Waals surface area contributed by atoms with E-state index in [4.69, 9.17) is 4.52 Å². The lowest BCUT2D eigenvalue weighted by molar-refractivity contribution is -0.150. The second kappa shape index (κ2) is 8.01. The number of hydrogen-bond acceptors (Lipinski definition) is 4. The molecule has 2 amide bonds. The number of likely N-dealkylation sites (tertiary alicyclic amines) is 1. The first kappa shape index (κ1) is 19.7. The van der Waals surface area contributed by atoms with E-state index in [2.05, 4.69) is 5.16 Å². The summed E-state index contributed by atoms with van der Waals surface area (Å²) in [6.45, 7) is 1.20.